The molecule has 0 saturated heterocycles. The maximum atomic E-state index is 12.6. The van der Waals surface area contributed by atoms with E-state index in [1.54, 1.807) is 12.1 Å². The molecule has 0 heterocycles. The summed E-state index contributed by atoms with van der Waals surface area (Å²) in [5, 5.41) is 25.6. The van der Waals surface area contributed by atoms with Gasteiger partial charge in [0.15, 0.2) is 0 Å². The van der Waals surface area contributed by atoms with Gasteiger partial charge in [-0.05, 0) is 31.5 Å². The number of amides is 3. The molecule has 7 N–H and O–H groups in total. The second kappa shape index (κ2) is 11.3. The van der Waals surface area contributed by atoms with E-state index in [0.29, 0.717) is 5.56 Å². The summed E-state index contributed by atoms with van der Waals surface area (Å²) in [6.45, 7) is 2.85. The molecule has 1 aromatic rings. The number of benzene rings is 1. The minimum absolute atomic E-state index is 0.0526. The highest BCUT2D eigenvalue weighted by Gasteiger charge is 2.27. The van der Waals surface area contributed by atoms with Gasteiger partial charge in [0.25, 0.3) is 0 Å². The summed E-state index contributed by atoms with van der Waals surface area (Å²) in [6.07, 6.45) is 0.0906. The van der Waals surface area contributed by atoms with Crippen LogP contribution in [0.2, 0.25) is 0 Å². The molecular weight excluding hydrogens is 400 g/mol. The molecule has 160 valence electrons. The molecule has 10 nitrogen and oxygen atoms in total. The highest BCUT2D eigenvalue weighted by molar-refractivity contribution is 7.80. The molecule has 0 aliphatic heterocycles. The van der Waals surface area contributed by atoms with Gasteiger partial charge in [-0.1, -0.05) is 12.1 Å². The van der Waals surface area contributed by atoms with E-state index in [0.717, 1.165) is 0 Å². The second-order valence-electron chi connectivity index (χ2n) is 6.53. The molecule has 0 aliphatic carbocycles. The van der Waals surface area contributed by atoms with Gasteiger partial charge in [-0.3, -0.25) is 14.4 Å². The highest BCUT2D eigenvalue weighted by atomic mass is 32.1. The van der Waals surface area contributed by atoms with Gasteiger partial charge >= 0.3 is 5.97 Å². The summed E-state index contributed by atoms with van der Waals surface area (Å²) < 4.78 is 0. The van der Waals surface area contributed by atoms with E-state index in [-0.39, 0.29) is 17.9 Å². The molecule has 4 unspecified atom stereocenters. The van der Waals surface area contributed by atoms with E-state index in [1.165, 1.54) is 26.0 Å². The highest BCUT2D eigenvalue weighted by Crippen LogP contribution is 2.11. The van der Waals surface area contributed by atoms with Crippen molar-refractivity contribution in [1.29, 1.82) is 0 Å². The Morgan fingerprint density at radius 3 is 2.00 bits per heavy atom. The molecule has 0 bridgehead atoms. The van der Waals surface area contributed by atoms with Crippen LogP contribution >= 0.6 is 12.6 Å². The van der Waals surface area contributed by atoms with Crippen LogP contribution in [0.15, 0.2) is 24.3 Å². The summed E-state index contributed by atoms with van der Waals surface area (Å²) in [6, 6.07) is 1.93. The lowest BCUT2D eigenvalue weighted by molar-refractivity contribution is -0.141. The number of thiol groups is 1. The summed E-state index contributed by atoms with van der Waals surface area (Å²) >= 11 is 3.86. The van der Waals surface area contributed by atoms with E-state index < -0.39 is 47.9 Å². The SMILES string of the molecule is CC(N)C(=O)NC(Cc1ccc(O)cc1)C(=O)NC(C)C(=O)NC(CS)C(=O)O. The Balaban J connectivity index is 2.86. The van der Waals surface area contributed by atoms with Crippen LogP contribution in [-0.4, -0.2) is 63.8 Å². The largest absolute Gasteiger partial charge is 0.508 e. The molecule has 0 aromatic heterocycles. The lowest BCUT2D eigenvalue weighted by Crippen LogP contribution is -2.56. The van der Waals surface area contributed by atoms with Gasteiger partial charge < -0.3 is 31.9 Å². The summed E-state index contributed by atoms with van der Waals surface area (Å²) in [5.74, 6) is -3.22. The fraction of sp³-hybridized carbons (Fsp3) is 0.444. The van der Waals surface area contributed by atoms with Crippen LogP contribution in [0.3, 0.4) is 0 Å². The Labute approximate surface area is 173 Å². The number of rotatable bonds is 10. The first kappa shape index (κ1) is 24.2. The number of phenolic OH excluding ortho intramolecular Hbond substituents is 1. The quantitative estimate of drug-likeness (QED) is 0.230. The molecule has 3 amide bonds. The summed E-state index contributed by atoms with van der Waals surface area (Å²) in [4.78, 5) is 47.8. The first-order chi connectivity index (χ1) is 13.5. The predicted molar refractivity (Wildman–Crippen MR) is 108 cm³/mol. The van der Waals surface area contributed by atoms with Crippen LogP contribution in [0.25, 0.3) is 0 Å². The van der Waals surface area contributed by atoms with Crippen LogP contribution in [0, 0.1) is 0 Å². The third-order valence-corrected chi connectivity index (χ3v) is 4.34. The van der Waals surface area contributed by atoms with Gasteiger partial charge in [0.1, 0.15) is 23.9 Å². The maximum Gasteiger partial charge on any atom is 0.327 e. The van der Waals surface area contributed by atoms with Gasteiger partial charge in [0, 0.05) is 12.2 Å². The zero-order valence-corrected chi connectivity index (χ0v) is 17.0. The molecule has 0 aliphatic rings. The van der Waals surface area contributed by atoms with Gasteiger partial charge in [-0.15, -0.1) is 0 Å². The number of nitrogens with two attached hydrogens (primary N) is 1. The zero-order valence-electron chi connectivity index (χ0n) is 16.1. The molecule has 0 fully saturated rings. The first-order valence-corrected chi connectivity index (χ1v) is 9.46. The van der Waals surface area contributed by atoms with E-state index in [9.17, 15) is 24.3 Å². The van der Waals surface area contributed by atoms with Crippen molar-refractivity contribution in [1.82, 2.24) is 16.0 Å². The topological polar surface area (TPSA) is 171 Å². The van der Waals surface area contributed by atoms with Crippen LogP contribution in [0.4, 0.5) is 0 Å². The average Bonchev–Trinajstić information content (AvgIpc) is 2.66. The fourth-order valence-electron chi connectivity index (χ4n) is 2.24. The van der Waals surface area contributed by atoms with Crippen LogP contribution in [0.1, 0.15) is 19.4 Å². The number of nitrogens with one attached hydrogen (secondary N) is 3. The molecule has 4 atom stereocenters. The normalized spacial score (nSPS) is 14.8. The van der Waals surface area contributed by atoms with E-state index in [2.05, 4.69) is 28.6 Å². The van der Waals surface area contributed by atoms with Crippen molar-refractivity contribution in [3.8, 4) is 5.75 Å². The lowest BCUT2D eigenvalue weighted by atomic mass is 10.0. The molecule has 0 spiro atoms. The average molecular weight is 426 g/mol. The first-order valence-electron chi connectivity index (χ1n) is 8.83. The predicted octanol–water partition coefficient (Wildman–Crippen LogP) is -1.23. The number of carbonyl (C=O) groups excluding carboxylic acids is 3. The minimum Gasteiger partial charge on any atom is -0.508 e. The number of aromatic hydroxyl groups is 1. The monoisotopic (exact) mass is 426 g/mol. The lowest BCUT2D eigenvalue weighted by Gasteiger charge is -2.23. The molecular formula is C18H26N4O6S. The number of aliphatic carboxylic acids is 1. The van der Waals surface area contributed by atoms with Crippen LogP contribution in [0.5, 0.6) is 5.75 Å². The molecule has 1 rings (SSSR count). The second-order valence-corrected chi connectivity index (χ2v) is 6.90. The maximum absolute atomic E-state index is 12.6. The smallest absolute Gasteiger partial charge is 0.327 e. The van der Waals surface area contributed by atoms with Gasteiger partial charge in [0.2, 0.25) is 17.7 Å². The van der Waals surface area contributed by atoms with Crippen molar-refractivity contribution >= 4 is 36.3 Å². The van der Waals surface area contributed by atoms with E-state index in [1.807, 2.05) is 0 Å². The van der Waals surface area contributed by atoms with Crippen LogP contribution < -0.4 is 21.7 Å². The third-order valence-electron chi connectivity index (χ3n) is 3.97. The molecule has 0 saturated carbocycles. The van der Waals surface area contributed by atoms with Crippen molar-refractivity contribution in [2.75, 3.05) is 5.75 Å². The number of phenols is 1. The van der Waals surface area contributed by atoms with Gasteiger partial charge in [0.05, 0.1) is 6.04 Å². The standard InChI is InChI=1S/C18H26N4O6S/c1-9(19)15(24)21-13(7-11-3-5-12(23)6-4-11)17(26)20-10(2)16(25)22-14(8-29)18(27)28/h3-6,9-10,13-14,23,29H,7-8,19H2,1-2H3,(H,20,26)(H,21,24)(H,22,25)(H,27,28). The number of carbonyl (C=O) groups is 4. The molecule has 11 heteroatoms. The van der Waals surface area contributed by atoms with Crippen molar-refractivity contribution in [3.63, 3.8) is 0 Å². The summed E-state index contributed by atoms with van der Waals surface area (Å²) in [5.41, 5.74) is 6.20. The van der Waals surface area contributed by atoms with Gasteiger partial charge in [-0.2, -0.15) is 12.6 Å². The van der Waals surface area contributed by atoms with Crippen molar-refractivity contribution in [2.45, 2.75) is 44.4 Å². The Morgan fingerprint density at radius 1 is 0.966 bits per heavy atom. The van der Waals surface area contributed by atoms with E-state index in [4.69, 9.17) is 10.8 Å². The zero-order chi connectivity index (χ0) is 22.1. The van der Waals surface area contributed by atoms with Crippen molar-refractivity contribution < 1.29 is 29.4 Å². The van der Waals surface area contributed by atoms with Crippen molar-refractivity contribution in [2.24, 2.45) is 5.73 Å². The molecule has 29 heavy (non-hydrogen) atoms. The van der Waals surface area contributed by atoms with Gasteiger partial charge in [-0.25, -0.2) is 4.79 Å². The number of hydrogen-bond donors (Lipinski definition) is 7. The van der Waals surface area contributed by atoms with Crippen LogP contribution in [-0.2, 0) is 25.6 Å². The third kappa shape index (κ3) is 8.00. The Morgan fingerprint density at radius 2 is 1.52 bits per heavy atom. The molecule has 0 radical (unpaired) electrons. The Bertz CT molecular complexity index is 740. The number of carboxylic acids is 1. The Kier molecular flexibility index (Phi) is 9.42. The number of carboxylic acid groups (broad SMARTS) is 1. The Hall–Kier alpha value is -2.79. The molecule has 1 aromatic carbocycles. The minimum atomic E-state index is -1.25. The van der Waals surface area contributed by atoms with Crippen molar-refractivity contribution in [3.05, 3.63) is 29.8 Å². The van der Waals surface area contributed by atoms with E-state index >= 15 is 0 Å². The number of hydrogen-bond acceptors (Lipinski definition) is 7. The fourth-order valence-corrected chi connectivity index (χ4v) is 2.49. The summed E-state index contributed by atoms with van der Waals surface area (Å²) in [7, 11) is 0.